The number of hydrogen-bond donors (Lipinski definition) is 1. The van der Waals surface area contributed by atoms with Crippen molar-refractivity contribution in [1.29, 1.82) is 0 Å². The molecule has 0 atom stereocenters. The lowest BCUT2D eigenvalue weighted by molar-refractivity contribution is 0.0522. The van der Waals surface area contributed by atoms with Crippen molar-refractivity contribution in [3.05, 3.63) is 121 Å². The van der Waals surface area contributed by atoms with Crippen molar-refractivity contribution in [3.63, 3.8) is 0 Å². The number of phenols is 1. The van der Waals surface area contributed by atoms with E-state index in [4.69, 9.17) is 9.47 Å². The van der Waals surface area contributed by atoms with Crippen LogP contribution in [-0.2, 0) is 9.47 Å². The first kappa shape index (κ1) is 32.9. The van der Waals surface area contributed by atoms with Crippen LogP contribution in [-0.4, -0.2) is 39.4 Å². The third-order valence-electron chi connectivity index (χ3n) is 6.21. The van der Waals surface area contributed by atoms with Crippen LogP contribution in [0.1, 0.15) is 47.0 Å². The minimum Gasteiger partial charge on any atom is -0.508 e. The minimum absolute atomic E-state index is 0.119. The van der Waals surface area contributed by atoms with Crippen molar-refractivity contribution in [1.82, 2.24) is 9.13 Å². The zero-order chi connectivity index (χ0) is 32.5. The standard InChI is InChI=1S/C16H13NO4S.C16H13NO3S.C2H6/c1-2-21-16(20)13-9-10-3-8-14(19)17(15(10)22-13)11-4-6-12(18)7-5-11;1-2-20-16(19)13-10-11-8-9-14(18)17(15(11)21-13)12-6-4-3-5-7-12;1-2/h3-9,18H,2H2,1H3;3-10H,2H2,1H3;1-2H3. The topological polar surface area (TPSA) is 117 Å². The molecule has 1 N–H and O–H groups in total. The molecule has 2 aromatic carbocycles. The number of carbonyl (C=O) groups is 2. The van der Waals surface area contributed by atoms with E-state index in [-0.39, 0.29) is 22.8 Å². The van der Waals surface area contributed by atoms with Crippen LogP contribution in [0.2, 0.25) is 0 Å². The molecule has 0 aliphatic carbocycles. The Morgan fingerprint density at radius 1 is 0.644 bits per heavy atom. The predicted molar refractivity (Wildman–Crippen MR) is 180 cm³/mol. The van der Waals surface area contributed by atoms with E-state index in [0.29, 0.717) is 33.5 Å². The SMILES string of the molecule is CC.CCOC(=O)c1cc2ccc(=O)n(-c3ccc(O)cc3)c2s1.CCOC(=O)c1cc2ccc(=O)n(-c3ccccc3)c2s1. The van der Waals surface area contributed by atoms with Crippen molar-refractivity contribution in [2.45, 2.75) is 27.7 Å². The molecule has 0 saturated heterocycles. The van der Waals surface area contributed by atoms with E-state index in [9.17, 15) is 24.3 Å². The fourth-order valence-corrected chi connectivity index (χ4v) is 6.46. The summed E-state index contributed by atoms with van der Waals surface area (Å²) in [6, 6.07) is 25.6. The summed E-state index contributed by atoms with van der Waals surface area (Å²) in [5, 5.41) is 11.0. The Hall–Kier alpha value is -5.00. The van der Waals surface area contributed by atoms with Crippen LogP contribution < -0.4 is 11.1 Å². The molecule has 9 nitrogen and oxygen atoms in total. The summed E-state index contributed by atoms with van der Waals surface area (Å²) in [5.41, 5.74) is 1.09. The number of para-hydroxylation sites is 1. The molecule has 0 spiro atoms. The molecule has 0 radical (unpaired) electrons. The molecule has 0 amide bonds. The van der Waals surface area contributed by atoms with Gasteiger partial charge in [0.05, 0.1) is 24.6 Å². The van der Waals surface area contributed by atoms with Crippen molar-refractivity contribution in [2.24, 2.45) is 0 Å². The van der Waals surface area contributed by atoms with Crippen LogP contribution in [0, 0.1) is 0 Å². The van der Waals surface area contributed by atoms with Gasteiger partial charge >= 0.3 is 11.9 Å². The second-order valence-electron chi connectivity index (χ2n) is 9.05. The van der Waals surface area contributed by atoms with Gasteiger partial charge < -0.3 is 14.6 Å². The Kier molecular flexibility index (Phi) is 11.1. The molecule has 0 saturated carbocycles. The number of carbonyl (C=O) groups excluding carboxylic acids is 2. The van der Waals surface area contributed by atoms with Crippen molar-refractivity contribution in [2.75, 3.05) is 13.2 Å². The van der Waals surface area contributed by atoms with E-state index in [1.165, 1.54) is 51.5 Å². The fraction of sp³-hybridized carbons (Fsp3) is 0.176. The Morgan fingerprint density at radius 2 is 1.07 bits per heavy atom. The molecule has 0 fully saturated rings. The lowest BCUT2D eigenvalue weighted by atomic mass is 10.2. The molecule has 232 valence electrons. The van der Waals surface area contributed by atoms with E-state index >= 15 is 0 Å². The van der Waals surface area contributed by atoms with Crippen LogP contribution in [0.4, 0.5) is 0 Å². The van der Waals surface area contributed by atoms with E-state index in [1.54, 1.807) is 54.8 Å². The average molecular weight is 645 g/mol. The Morgan fingerprint density at radius 3 is 1.49 bits per heavy atom. The molecule has 4 heterocycles. The molecular weight excluding hydrogens is 613 g/mol. The summed E-state index contributed by atoms with van der Waals surface area (Å²) in [4.78, 5) is 50.5. The number of benzene rings is 2. The van der Waals surface area contributed by atoms with Crippen LogP contribution in [0.15, 0.2) is 101 Å². The summed E-state index contributed by atoms with van der Waals surface area (Å²) in [6.07, 6.45) is 0. The Balaban J connectivity index is 0.000000194. The third-order valence-corrected chi connectivity index (χ3v) is 8.45. The van der Waals surface area contributed by atoms with E-state index in [2.05, 4.69) is 0 Å². The van der Waals surface area contributed by atoms with Gasteiger partial charge in [0.1, 0.15) is 25.2 Å². The van der Waals surface area contributed by atoms with Gasteiger partial charge in [-0.05, 0) is 74.5 Å². The van der Waals surface area contributed by atoms with Gasteiger partial charge in [0, 0.05) is 22.9 Å². The molecule has 11 heteroatoms. The number of pyridine rings is 2. The number of hydrogen-bond acceptors (Lipinski definition) is 9. The van der Waals surface area contributed by atoms with E-state index in [1.807, 2.05) is 44.2 Å². The maximum atomic E-state index is 12.2. The smallest absolute Gasteiger partial charge is 0.348 e. The first-order valence-electron chi connectivity index (χ1n) is 14.3. The zero-order valence-electron chi connectivity index (χ0n) is 25.2. The van der Waals surface area contributed by atoms with Gasteiger partial charge in [-0.1, -0.05) is 32.0 Å². The van der Waals surface area contributed by atoms with Gasteiger partial charge in [-0.25, -0.2) is 9.59 Å². The lowest BCUT2D eigenvalue weighted by Gasteiger charge is -2.06. The summed E-state index contributed by atoms with van der Waals surface area (Å²) < 4.78 is 13.1. The highest BCUT2D eigenvalue weighted by Gasteiger charge is 2.16. The second-order valence-corrected chi connectivity index (χ2v) is 11.1. The molecular formula is C34H32N2O7S2. The van der Waals surface area contributed by atoms with Gasteiger partial charge in [-0.2, -0.15) is 0 Å². The summed E-state index contributed by atoms with van der Waals surface area (Å²) >= 11 is 2.48. The third kappa shape index (κ3) is 7.39. The number of fused-ring (bicyclic) bond motifs is 2. The zero-order valence-corrected chi connectivity index (χ0v) is 26.8. The van der Waals surface area contributed by atoms with Crippen LogP contribution >= 0.6 is 22.7 Å². The predicted octanol–water partition coefficient (Wildman–Crippen LogP) is 7.19. The molecule has 0 unspecified atom stereocenters. The lowest BCUT2D eigenvalue weighted by Crippen LogP contribution is -2.16. The minimum atomic E-state index is -0.395. The average Bonchev–Trinajstić information content (AvgIpc) is 3.69. The maximum absolute atomic E-state index is 12.2. The number of ether oxygens (including phenoxy) is 2. The normalized spacial score (nSPS) is 10.4. The monoisotopic (exact) mass is 644 g/mol. The van der Waals surface area contributed by atoms with Crippen LogP contribution in [0.3, 0.4) is 0 Å². The number of nitrogens with zero attached hydrogens (tertiary/aromatic N) is 2. The summed E-state index contributed by atoms with van der Waals surface area (Å²) in [5.74, 6) is -0.624. The number of aromatic nitrogens is 2. The highest BCUT2D eigenvalue weighted by atomic mass is 32.1. The maximum Gasteiger partial charge on any atom is 0.348 e. The highest BCUT2D eigenvalue weighted by molar-refractivity contribution is 7.20. The number of esters is 2. The van der Waals surface area contributed by atoms with Crippen molar-refractivity contribution in [3.8, 4) is 17.1 Å². The second kappa shape index (κ2) is 15.1. The molecule has 0 bridgehead atoms. The Bertz CT molecular complexity index is 2040. The molecule has 4 aromatic heterocycles. The summed E-state index contributed by atoms with van der Waals surface area (Å²) in [7, 11) is 0. The fourth-order valence-electron chi connectivity index (χ4n) is 4.32. The largest absolute Gasteiger partial charge is 0.508 e. The van der Waals surface area contributed by atoms with Gasteiger partial charge in [0.15, 0.2) is 0 Å². The van der Waals surface area contributed by atoms with Crippen LogP contribution in [0.5, 0.6) is 5.75 Å². The first-order valence-corrected chi connectivity index (χ1v) is 15.9. The number of rotatable bonds is 6. The highest BCUT2D eigenvalue weighted by Crippen LogP contribution is 2.28. The molecule has 0 aliphatic rings. The number of phenolic OH excluding ortho intramolecular Hbond substituents is 1. The van der Waals surface area contributed by atoms with E-state index in [0.717, 1.165) is 21.3 Å². The van der Waals surface area contributed by atoms with Crippen LogP contribution in [0.25, 0.3) is 31.8 Å². The molecule has 45 heavy (non-hydrogen) atoms. The molecule has 6 rings (SSSR count). The number of aromatic hydroxyl groups is 1. The van der Waals surface area contributed by atoms with Crippen molar-refractivity contribution >= 4 is 55.0 Å². The Labute approximate surface area is 267 Å². The van der Waals surface area contributed by atoms with Gasteiger partial charge in [0.25, 0.3) is 11.1 Å². The van der Waals surface area contributed by atoms with Gasteiger partial charge in [-0.15, -0.1) is 22.7 Å². The van der Waals surface area contributed by atoms with Crippen molar-refractivity contribution < 1.29 is 24.2 Å². The van der Waals surface area contributed by atoms with Gasteiger partial charge in [-0.3, -0.25) is 18.7 Å². The van der Waals surface area contributed by atoms with Gasteiger partial charge in [0.2, 0.25) is 0 Å². The van der Waals surface area contributed by atoms with E-state index < -0.39 is 5.97 Å². The quantitative estimate of drug-likeness (QED) is 0.191. The molecule has 6 aromatic rings. The molecule has 0 aliphatic heterocycles. The first-order chi connectivity index (χ1) is 21.8. The number of thiophene rings is 2. The summed E-state index contributed by atoms with van der Waals surface area (Å²) in [6.45, 7) is 8.15.